The molecule has 1 atom stereocenters. The molecule has 6 rings (SSSR count). The zero-order valence-corrected chi connectivity index (χ0v) is 19.9. The van der Waals surface area contributed by atoms with Crippen LogP contribution in [-0.2, 0) is 9.53 Å². The molecule has 5 heterocycles. The van der Waals surface area contributed by atoms with Crippen molar-refractivity contribution in [2.75, 3.05) is 32.8 Å². The fourth-order valence-electron chi connectivity index (χ4n) is 5.21. The van der Waals surface area contributed by atoms with Gasteiger partial charge in [0.05, 0.1) is 32.8 Å². The van der Waals surface area contributed by atoms with E-state index in [4.69, 9.17) is 9.47 Å². The Kier molecular flexibility index (Phi) is 6.35. The van der Waals surface area contributed by atoms with Crippen molar-refractivity contribution in [3.63, 3.8) is 0 Å². The SMILES string of the molecule is O=C(OC12CC[N+](CCCOc3ccccc3)(CC1)CC2)C(c1ccsc1)c1cccs1. The molecule has 0 saturated carbocycles. The minimum atomic E-state index is -0.297. The van der Waals surface area contributed by atoms with Gasteiger partial charge in [-0.05, 0) is 46.0 Å². The second-order valence-electron chi connectivity index (χ2n) is 9.11. The van der Waals surface area contributed by atoms with Crippen molar-refractivity contribution in [2.24, 2.45) is 0 Å². The summed E-state index contributed by atoms with van der Waals surface area (Å²) in [7, 11) is 0. The molecule has 4 nitrogen and oxygen atoms in total. The molecule has 1 aromatic carbocycles. The molecule has 3 fully saturated rings. The molecule has 3 saturated heterocycles. The van der Waals surface area contributed by atoms with Gasteiger partial charge in [0.1, 0.15) is 17.3 Å². The van der Waals surface area contributed by atoms with Crippen molar-refractivity contribution < 1.29 is 18.8 Å². The van der Waals surface area contributed by atoms with E-state index < -0.39 is 0 Å². The molecule has 0 amide bonds. The summed E-state index contributed by atoms with van der Waals surface area (Å²) in [5.74, 6) is 0.569. The molecule has 2 bridgehead atoms. The molecule has 2 aromatic heterocycles. The number of esters is 1. The number of rotatable bonds is 9. The number of para-hydroxylation sites is 1. The lowest BCUT2D eigenvalue weighted by Gasteiger charge is -2.54. The summed E-state index contributed by atoms with van der Waals surface area (Å²) in [6, 6.07) is 16.2. The standard InChI is InChI=1S/C26H30NO3S2/c28-25(24(21-9-19-31-20-21)23-8-4-18-32-23)30-26-10-14-27(15-11-26,16-12-26)13-5-17-29-22-6-2-1-3-7-22/h1-4,6-9,18-20,24H,5,10-17H2/q+1. The van der Waals surface area contributed by atoms with Crippen molar-refractivity contribution >= 4 is 28.6 Å². The molecule has 32 heavy (non-hydrogen) atoms. The van der Waals surface area contributed by atoms with Gasteiger partial charge in [0, 0.05) is 30.6 Å². The summed E-state index contributed by atoms with van der Waals surface area (Å²) in [4.78, 5) is 14.5. The van der Waals surface area contributed by atoms with Crippen molar-refractivity contribution in [3.05, 3.63) is 75.1 Å². The Morgan fingerprint density at radius 2 is 1.78 bits per heavy atom. The van der Waals surface area contributed by atoms with Crippen LogP contribution in [0, 0.1) is 0 Å². The van der Waals surface area contributed by atoms with Gasteiger partial charge >= 0.3 is 5.97 Å². The van der Waals surface area contributed by atoms with Crippen molar-refractivity contribution in [2.45, 2.75) is 37.2 Å². The fraction of sp³-hybridized carbons (Fsp3) is 0.423. The summed E-state index contributed by atoms with van der Waals surface area (Å²) in [5, 5.41) is 6.15. The molecule has 168 valence electrons. The smallest absolute Gasteiger partial charge is 0.319 e. The molecule has 6 heteroatoms. The van der Waals surface area contributed by atoms with Crippen LogP contribution in [-0.4, -0.2) is 48.8 Å². The van der Waals surface area contributed by atoms with E-state index in [0.717, 1.165) is 79.1 Å². The highest BCUT2D eigenvalue weighted by molar-refractivity contribution is 7.10. The van der Waals surface area contributed by atoms with Gasteiger partial charge in [-0.2, -0.15) is 11.3 Å². The summed E-state index contributed by atoms with van der Waals surface area (Å²) in [6.45, 7) is 5.19. The van der Waals surface area contributed by atoms with Crippen LogP contribution < -0.4 is 4.74 Å². The first-order valence-electron chi connectivity index (χ1n) is 11.5. The van der Waals surface area contributed by atoms with E-state index in [2.05, 4.69) is 11.4 Å². The third kappa shape index (κ3) is 4.63. The summed E-state index contributed by atoms with van der Waals surface area (Å²) >= 11 is 3.27. The van der Waals surface area contributed by atoms with Crippen LogP contribution in [0.2, 0.25) is 0 Å². The lowest BCUT2D eigenvalue weighted by atomic mass is 9.80. The van der Waals surface area contributed by atoms with Gasteiger partial charge in [0.15, 0.2) is 0 Å². The van der Waals surface area contributed by atoms with Crippen LogP contribution in [0.5, 0.6) is 5.75 Å². The number of benzene rings is 1. The van der Waals surface area contributed by atoms with Gasteiger partial charge in [-0.15, -0.1) is 11.3 Å². The number of fused-ring (bicyclic) bond motifs is 3. The van der Waals surface area contributed by atoms with Gasteiger partial charge in [0.25, 0.3) is 0 Å². The van der Waals surface area contributed by atoms with Crippen LogP contribution in [0.25, 0.3) is 0 Å². The van der Waals surface area contributed by atoms with Crippen molar-refractivity contribution in [1.82, 2.24) is 0 Å². The largest absolute Gasteiger partial charge is 0.493 e. The zero-order valence-electron chi connectivity index (χ0n) is 18.3. The Bertz CT molecular complexity index is 942. The number of piperidine rings is 3. The van der Waals surface area contributed by atoms with Crippen LogP contribution in [0.1, 0.15) is 42.0 Å². The summed E-state index contributed by atoms with van der Waals surface area (Å²) in [6.07, 6.45) is 3.97. The molecule has 0 radical (unpaired) electrons. The number of nitrogens with zero attached hydrogens (tertiary/aromatic N) is 1. The highest BCUT2D eigenvalue weighted by Gasteiger charge is 2.51. The average Bonchev–Trinajstić information content (AvgIpc) is 3.54. The minimum absolute atomic E-state index is 0.0796. The Labute approximate surface area is 198 Å². The molecule has 3 aromatic rings. The van der Waals surface area contributed by atoms with E-state index in [0.29, 0.717) is 0 Å². The molecular weight excluding hydrogens is 438 g/mol. The topological polar surface area (TPSA) is 35.5 Å². The van der Waals surface area contributed by atoms with E-state index in [9.17, 15) is 4.79 Å². The second kappa shape index (κ2) is 9.38. The Morgan fingerprint density at radius 3 is 2.44 bits per heavy atom. The molecule has 0 N–H and O–H groups in total. The monoisotopic (exact) mass is 468 g/mol. The van der Waals surface area contributed by atoms with Crippen molar-refractivity contribution in [3.8, 4) is 5.75 Å². The average molecular weight is 469 g/mol. The molecule has 0 spiro atoms. The predicted octanol–water partition coefficient (Wildman–Crippen LogP) is 5.71. The maximum Gasteiger partial charge on any atom is 0.319 e. The van der Waals surface area contributed by atoms with Gasteiger partial charge < -0.3 is 14.0 Å². The molecule has 1 unspecified atom stereocenters. The third-order valence-electron chi connectivity index (χ3n) is 7.17. The lowest BCUT2D eigenvalue weighted by molar-refractivity contribution is -0.944. The van der Waals surface area contributed by atoms with Gasteiger partial charge in [0.2, 0.25) is 0 Å². The van der Waals surface area contributed by atoms with Crippen molar-refractivity contribution in [1.29, 1.82) is 0 Å². The van der Waals surface area contributed by atoms with E-state index in [1.54, 1.807) is 22.7 Å². The third-order valence-corrected chi connectivity index (χ3v) is 8.81. The van der Waals surface area contributed by atoms with Gasteiger partial charge in [-0.1, -0.05) is 24.3 Å². The quantitative estimate of drug-likeness (QED) is 0.229. The van der Waals surface area contributed by atoms with Crippen LogP contribution in [0.3, 0.4) is 0 Å². The van der Waals surface area contributed by atoms with Gasteiger partial charge in [-0.3, -0.25) is 4.79 Å². The number of quaternary nitrogens is 1. The first kappa shape index (κ1) is 21.7. The Morgan fingerprint density at radius 1 is 1.00 bits per heavy atom. The second-order valence-corrected chi connectivity index (χ2v) is 10.9. The van der Waals surface area contributed by atoms with Gasteiger partial charge in [-0.25, -0.2) is 0 Å². The number of carbonyl (C=O) groups is 1. The molecule has 3 aliphatic rings. The highest BCUT2D eigenvalue weighted by atomic mass is 32.1. The fourth-order valence-corrected chi connectivity index (χ4v) is 6.74. The summed E-state index contributed by atoms with van der Waals surface area (Å²) < 4.78 is 13.4. The minimum Gasteiger partial charge on any atom is -0.493 e. The Balaban J connectivity index is 1.16. The van der Waals surface area contributed by atoms with Crippen LogP contribution in [0.4, 0.5) is 0 Å². The van der Waals surface area contributed by atoms with Crippen LogP contribution >= 0.6 is 22.7 Å². The summed E-state index contributed by atoms with van der Waals surface area (Å²) in [5.41, 5.74) is 0.775. The normalized spacial score (nSPS) is 25.4. The molecule has 3 aliphatic heterocycles. The highest BCUT2D eigenvalue weighted by Crippen LogP contribution is 2.42. The van der Waals surface area contributed by atoms with E-state index in [1.165, 1.54) is 0 Å². The Hall–Kier alpha value is -2.15. The number of hydrogen-bond acceptors (Lipinski definition) is 5. The molecule has 0 aliphatic carbocycles. The lowest BCUT2D eigenvalue weighted by Crippen LogP contribution is -2.65. The first-order valence-corrected chi connectivity index (χ1v) is 13.3. The molecular formula is C26H30NO3S2+. The maximum atomic E-state index is 13.4. The van der Waals surface area contributed by atoms with E-state index in [1.807, 2.05) is 53.2 Å². The van der Waals surface area contributed by atoms with E-state index >= 15 is 0 Å². The van der Waals surface area contributed by atoms with E-state index in [-0.39, 0.29) is 17.5 Å². The predicted molar refractivity (Wildman–Crippen MR) is 129 cm³/mol. The zero-order chi connectivity index (χ0) is 21.9. The maximum absolute atomic E-state index is 13.4. The number of ether oxygens (including phenoxy) is 2. The first-order chi connectivity index (χ1) is 15.7. The number of hydrogen-bond donors (Lipinski definition) is 0. The number of carbonyl (C=O) groups excluding carboxylic acids is 1. The van der Waals surface area contributed by atoms with Crippen LogP contribution in [0.15, 0.2) is 64.7 Å². The number of thiophene rings is 2.